The molecule has 4 nitrogen and oxygen atoms in total. The zero-order valence-electron chi connectivity index (χ0n) is 10.1. The molecular weight excluding hydrogens is 228 g/mol. The summed E-state index contributed by atoms with van der Waals surface area (Å²) in [6, 6.07) is 8.07. The molecule has 0 bridgehead atoms. The van der Waals surface area contributed by atoms with E-state index in [1.54, 1.807) is 6.20 Å². The van der Waals surface area contributed by atoms with Gasteiger partial charge in [0.25, 0.3) is 0 Å². The third kappa shape index (κ3) is 2.05. The summed E-state index contributed by atoms with van der Waals surface area (Å²) in [6.45, 7) is 1.90. The molecule has 2 N–H and O–H groups in total. The van der Waals surface area contributed by atoms with Crippen molar-refractivity contribution in [3.8, 4) is 5.88 Å². The molecule has 2 aromatic rings. The molecule has 0 radical (unpaired) electrons. The van der Waals surface area contributed by atoms with E-state index in [0.29, 0.717) is 19.0 Å². The van der Waals surface area contributed by atoms with Crippen LogP contribution in [0.4, 0.5) is 0 Å². The molecule has 0 aliphatic carbocycles. The monoisotopic (exact) mass is 244 g/mol. The molecule has 1 saturated heterocycles. The van der Waals surface area contributed by atoms with Crippen molar-refractivity contribution in [1.82, 2.24) is 4.98 Å². The molecule has 0 saturated carbocycles. The summed E-state index contributed by atoms with van der Waals surface area (Å²) >= 11 is 0. The summed E-state index contributed by atoms with van der Waals surface area (Å²) in [5, 5.41) is 2.14. The van der Waals surface area contributed by atoms with Crippen molar-refractivity contribution < 1.29 is 9.47 Å². The Hall–Kier alpha value is -1.65. The number of rotatable bonds is 3. The predicted molar refractivity (Wildman–Crippen MR) is 69.5 cm³/mol. The number of aromatic nitrogens is 1. The smallest absolute Gasteiger partial charge is 0.221 e. The Morgan fingerprint density at radius 2 is 2.17 bits per heavy atom. The summed E-state index contributed by atoms with van der Waals surface area (Å²) in [5.74, 6) is 0.679. The van der Waals surface area contributed by atoms with Crippen LogP contribution >= 0.6 is 0 Å². The Bertz CT molecular complexity index is 550. The molecular formula is C14H16N2O2. The van der Waals surface area contributed by atoms with E-state index in [2.05, 4.69) is 11.1 Å². The molecule has 1 aliphatic heterocycles. The Morgan fingerprint density at radius 1 is 1.33 bits per heavy atom. The van der Waals surface area contributed by atoms with E-state index in [1.807, 2.05) is 18.2 Å². The van der Waals surface area contributed by atoms with Crippen LogP contribution in [-0.4, -0.2) is 24.3 Å². The van der Waals surface area contributed by atoms with Gasteiger partial charge >= 0.3 is 0 Å². The third-order valence-electron chi connectivity index (χ3n) is 3.23. The fourth-order valence-electron chi connectivity index (χ4n) is 2.25. The van der Waals surface area contributed by atoms with Gasteiger partial charge in [-0.05, 0) is 17.0 Å². The molecule has 1 atom stereocenters. The first-order chi connectivity index (χ1) is 8.88. The van der Waals surface area contributed by atoms with Crippen LogP contribution in [-0.2, 0) is 11.3 Å². The van der Waals surface area contributed by atoms with Gasteiger partial charge < -0.3 is 15.2 Å². The minimum atomic E-state index is 0.115. The molecule has 3 rings (SSSR count). The van der Waals surface area contributed by atoms with Crippen LogP contribution in [0.5, 0.6) is 5.88 Å². The van der Waals surface area contributed by atoms with E-state index in [9.17, 15) is 0 Å². The maximum atomic E-state index is 5.91. The standard InChI is InChI=1S/C14H16N2O2/c15-7-10-8-16-14(18-11-5-6-17-9-11)13-4-2-1-3-12(10)13/h1-4,8,11H,5-7,9,15H2. The minimum absolute atomic E-state index is 0.115. The average Bonchev–Trinajstić information content (AvgIpc) is 2.92. The maximum Gasteiger partial charge on any atom is 0.221 e. The summed E-state index contributed by atoms with van der Waals surface area (Å²) < 4.78 is 11.2. The first-order valence-electron chi connectivity index (χ1n) is 6.19. The molecule has 1 unspecified atom stereocenters. The second-order valence-corrected chi connectivity index (χ2v) is 4.44. The topological polar surface area (TPSA) is 57.4 Å². The highest BCUT2D eigenvalue weighted by atomic mass is 16.5. The third-order valence-corrected chi connectivity index (χ3v) is 3.23. The predicted octanol–water partition coefficient (Wildman–Crippen LogP) is 1.86. The Morgan fingerprint density at radius 3 is 2.89 bits per heavy atom. The fourth-order valence-corrected chi connectivity index (χ4v) is 2.25. The number of hydrogen-bond acceptors (Lipinski definition) is 4. The average molecular weight is 244 g/mol. The molecule has 18 heavy (non-hydrogen) atoms. The van der Waals surface area contributed by atoms with E-state index in [-0.39, 0.29) is 6.10 Å². The Labute approximate surface area is 106 Å². The number of nitrogens with zero attached hydrogens (tertiary/aromatic N) is 1. The van der Waals surface area contributed by atoms with E-state index < -0.39 is 0 Å². The molecule has 0 amide bonds. The second kappa shape index (κ2) is 4.92. The van der Waals surface area contributed by atoms with Gasteiger partial charge in [0.1, 0.15) is 6.10 Å². The minimum Gasteiger partial charge on any atom is -0.471 e. The molecule has 1 aromatic heterocycles. The van der Waals surface area contributed by atoms with Gasteiger partial charge in [0, 0.05) is 24.5 Å². The van der Waals surface area contributed by atoms with Gasteiger partial charge in [-0.3, -0.25) is 0 Å². The quantitative estimate of drug-likeness (QED) is 0.895. The molecule has 0 spiro atoms. The Kier molecular flexibility index (Phi) is 3.13. The molecule has 1 aromatic carbocycles. The zero-order valence-corrected chi connectivity index (χ0v) is 10.1. The van der Waals surface area contributed by atoms with Gasteiger partial charge in [-0.15, -0.1) is 0 Å². The zero-order chi connectivity index (χ0) is 12.4. The van der Waals surface area contributed by atoms with Crippen molar-refractivity contribution in [3.63, 3.8) is 0 Å². The lowest BCUT2D eigenvalue weighted by atomic mass is 10.1. The Balaban J connectivity index is 2.01. The van der Waals surface area contributed by atoms with Crippen LogP contribution < -0.4 is 10.5 Å². The van der Waals surface area contributed by atoms with E-state index in [4.69, 9.17) is 15.2 Å². The van der Waals surface area contributed by atoms with Crippen molar-refractivity contribution in [2.75, 3.05) is 13.2 Å². The molecule has 4 heteroatoms. The van der Waals surface area contributed by atoms with Crippen LogP contribution in [0.2, 0.25) is 0 Å². The highest BCUT2D eigenvalue weighted by Gasteiger charge is 2.19. The summed E-state index contributed by atoms with van der Waals surface area (Å²) in [7, 11) is 0. The molecule has 1 aliphatic rings. The van der Waals surface area contributed by atoms with E-state index in [1.165, 1.54) is 0 Å². The van der Waals surface area contributed by atoms with Gasteiger partial charge in [-0.1, -0.05) is 18.2 Å². The highest BCUT2D eigenvalue weighted by Crippen LogP contribution is 2.27. The largest absolute Gasteiger partial charge is 0.471 e. The van der Waals surface area contributed by atoms with Crippen LogP contribution in [0.15, 0.2) is 30.5 Å². The van der Waals surface area contributed by atoms with Gasteiger partial charge in [0.15, 0.2) is 0 Å². The van der Waals surface area contributed by atoms with Crippen molar-refractivity contribution in [1.29, 1.82) is 0 Å². The summed E-state index contributed by atoms with van der Waals surface area (Å²) in [5.41, 5.74) is 6.77. The number of fused-ring (bicyclic) bond motifs is 1. The number of pyridine rings is 1. The van der Waals surface area contributed by atoms with E-state index in [0.717, 1.165) is 29.4 Å². The van der Waals surface area contributed by atoms with Gasteiger partial charge in [0.2, 0.25) is 5.88 Å². The second-order valence-electron chi connectivity index (χ2n) is 4.44. The fraction of sp³-hybridized carbons (Fsp3) is 0.357. The first-order valence-corrected chi connectivity index (χ1v) is 6.19. The molecule has 94 valence electrons. The van der Waals surface area contributed by atoms with E-state index >= 15 is 0 Å². The van der Waals surface area contributed by atoms with Crippen LogP contribution in [0.3, 0.4) is 0 Å². The molecule has 1 fully saturated rings. The first kappa shape index (κ1) is 11.4. The van der Waals surface area contributed by atoms with Crippen LogP contribution in [0.25, 0.3) is 10.8 Å². The SMILES string of the molecule is NCc1cnc(OC2CCOC2)c2ccccc12. The van der Waals surface area contributed by atoms with Crippen LogP contribution in [0.1, 0.15) is 12.0 Å². The lowest BCUT2D eigenvalue weighted by Gasteiger charge is -2.14. The van der Waals surface area contributed by atoms with Crippen molar-refractivity contribution in [2.24, 2.45) is 5.73 Å². The number of benzene rings is 1. The number of nitrogens with two attached hydrogens (primary N) is 1. The van der Waals surface area contributed by atoms with Gasteiger partial charge in [-0.2, -0.15) is 0 Å². The lowest BCUT2D eigenvalue weighted by molar-refractivity contribution is 0.139. The molecule has 2 heterocycles. The van der Waals surface area contributed by atoms with Crippen molar-refractivity contribution in [2.45, 2.75) is 19.1 Å². The van der Waals surface area contributed by atoms with Crippen LogP contribution in [0, 0.1) is 0 Å². The lowest BCUT2D eigenvalue weighted by Crippen LogP contribution is -2.16. The van der Waals surface area contributed by atoms with Crippen molar-refractivity contribution >= 4 is 10.8 Å². The number of hydrogen-bond donors (Lipinski definition) is 1. The van der Waals surface area contributed by atoms with Crippen molar-refractivity contribution in [3.05, 3.63) is 36.0 Å². The highest BCUT2D eigenvalue weighted by molar-refractivity contribution is 5.89. The maximum absolute atomic E-state index is 5.91. The van der Waals surface area contributed by atoms with Gasteiger partial charge in [0.05, 0.1) is 13.2 Å². The number of ether oxygens (including phenoxy) is 2. The normalized spacial score (nSPS) is 19.3. The summed E-state index contributed by atoms with van der Waals surface area (Å²) in [6.07, 6.45) is 2.84. The summed E-state index contributed by atoms with van der Waals surface area (Å²) in [4.78, 5) is 4.38. The van der Waals surface area contributed by atoms with Gasteiger partial charge in [-0.25, -0.2) is 4.98 Å².